The van der Waals surface area contributed by atoms with Gasteiger partial charge in [-0.05, 0) is 24.6 Å². The van der Waals surface area contributed by atoms with Crippen LogP contribution >= 0.6 is 0 Å². The fourth-order valence-electron chi connectivity index (χ4n) is 5.37. The zero-order valence-corrected chi connectivity index (χ0v) is 20.1. The molecule has 1 fully saturated rings. The Bertz CT molecular complexity index is 1520. The maximum Gasteiger partial charge on any atom is 0.259 e. The highest BCUT2D eigenvalue weighted by molar-refractivity contribution is 6.50. The Morgan fingerprint density at radius 1 is 0.972 bits per heavy atom. The summed E-state index contributed by atoms with van der Waals surface area (Å²) >= 11 is 0. The minimum atomic E-state index is -0.590. The first-order valence-corrected chi connectivity index (χ1v) is 12.2. The summed E-state index contributed by atoms with van der Waals surface area (Å²) in [6.07, 6.45) is 3.09. The molecule has 2 amide bonds. The number of H-pyrrole nitrogens is 1. The molecular weight excluding hydrogens is 456 g/mol. The molecule has 36 heavy (non-hydrogen) atoms. The molecule has 8 heteroatoms. The van der Waals surface area contributed by atoms with Gasteiger partial charge >= 0.3 is 0 Å². The molecule has 2 aromatic carbocycles. The molecule has 4 aromatic rings. The number of nitrogens with one attached hydrogen (secondary N) is 2. The van der Waals surface area contributed by atoms with Gasteiger partial charge in [-0.25, -0.2) is 0 Å². The molecule has 184 valence electrons. The zero-order chi connectivity index (χ0) is 24.8. The third-order valence-electron chi connectivity index (χ3n) is 7.08. The molecule has 0 radical (unpaired) electrons. The lowest BCUT2D eigenvalue weighted by Crippen LogP contribution is -2.41. The molecule has 1 atom stereocenters. The third-order valence-corrected chi connectivity index (χ3v) is 7.08. The van der Waals surface area contributed by atoms with Crippen LogP contribution in [0.2, 0.25) is 0 Å². The summed E-state index contributed by atoms with van der Waals surface area (Å²) < 4.78 is 7.41. The largest absolute Gasteiger partial charge is 0.390 e. The second kappa shape index (κ2) is 9.05. The summed E-state index contributed by atoms with van der Waals surface area (Å²) in [6.45, 7) is 5.90. The summed E-state index contributed by atoms with van der Waals surface area (Å²) in [5, 5.41) is 15.2. The van der Waals surface area contributed by atoms with Gasteiger partial charge in [0.2, 0.25) is 0 Å². The van der Waals surface area contributed by atoms with Crippen molar-refractivity contribution >= 4 is 44.8 Å². The third kappa shape index (κ3) is 3.93. The molecule has 1 unspecified atom stereocenters. The van der Waals surface area contributed by atoms with Crippen LogP contribution in [0.4, 0.5) is 0 Å². The van der Waals surface area contributed by atoms with Gasteiger partial charge in [0, 0.05) is 71.5 Å². The van der Waals surface area contributed by atoms with Gasteiger partial charge in [-0.15, -0.1) is 0 Å². The van der Waals surface area contributed by atoms with Crippen molar-refractivity contribution in [2.45, 2.75) is 19.6 Å². The number of nitrogens with zero attached hydrogens (tertiary/aromatic N) is 2. The van der Waals surface area contributed by atoms with Crippen molar-refractivity contribution in [1.29, 1.82) is 0 Å². The van der Waals surface area contributed by atoms with Crippen LogP contribution in [0.15, 0.2) is 54.9 Å². The molecule has 6 rings (SSSR count). The molecule has 3 N–H and O–H groups in total. The molecule has 0 spiro atoms. The van der Waals surface area contributed by atoms with Crippen molar-refractivity contribution < 1.29 is 19.4 Å². The topological polar surface area (TPSA) is 99.6 Å². The van der Waals surface area contributed by atoms with Crippen molar-refractivity contribution in [2.24, 2.45) is 0 Å². The molecule has 4 heterocycles. The number of aromatic amines is 1. The molecule has 8 nitrogen and oxygen atoms in total. The average molecular weight is 485 g/mol. The Morgan fingerprint density at radius 2 is 1.72 bits per heavy atom. The number of carbonyl (C=O) groups is 2. The number of aromatic nitrogens is 2. The smallest absolute Gasteiger partial charge is 0.259 e. The summed E-state index contributed by atoms with van der Waals surface area (Å²) in [6, 6.07) is 13.8. The fourth-order valence-corrected chi connectivity index (χ4v) is 5.37. The molecule has 0 aliphatic carbocycles. The Balaban J connectivity index is 1.46. The SMILES string of the molecule is Cc1ccc2c(C3=C(c4c[nH]c5ccccc45)C(=O)NC3=O)cn(CC(O)CN3CCOCC3)c2c1. The van der Waals surface area contributed by atoms with Crippen LogP contribution in [-0.4, -0.2) is 70.3 Å². The molecule has 2 aromatic heterocycles. The Morgan fingerprint density at radius 3 is 2.53 bits per heavy atom. The van der Waals surface area contributed by atoms with Crippen LogP contribution in [0.1, 0.15) is 16.7 Å². The monoisotopic (exact) mass is 484 g/mol. The number of ether oxygens (including phenoxy) is 1. The maximum atomic E-state index is 13.2. The van der Waals surface area contributed by atoms with Gasteiger partial charge in [0.05, 0.1) is 30.5 Å². The maximum absolute atomic E-state index is 13.2. The van der Waals surface area contributed by atoms with Crippen LogP contribution in [0.5, 0.6) is 0 Å². The lowest BCUT2D eigenvalue weighted by atomic mass is 9.95. The van der Waals surface area contributed by atoms with Crippen molar-refractivity contribution in [3.05, 3.63) is 71.5 Å². The van der Waals surface area contributed by atoms with Gasteiger partial charge in [-0.1, -0.05) is 30.3 Å². The zero-order valence-electron chi connectivity index (χ0n) is 20.1. The first kappa shape index (κ1) is 22.7. The predicted octanol–water partition coefficient (Wildman–Crippen LogP) is 2.69. The lowest BCUT2D eigenvalue weighted by Gasteiger charge is -2.28. The van der Waals surface area contributed by atoms with E-state index in [2.05, 4.69) is 21.3 Å². The first-order chi connectivity index (χ1) is 17.5. The second-order valence-corrected chi connectivity index (χ2v) is 9.56. The summed E-state index contributed by atoms with van der Waals surface area (Å²) in [7, 11) is 0. The highest BCUT2D eigenvalue weighted by Gasteiger charge is 2.35. The van der Waals surface area contributed by atoms with E-state index in [9.17, 15) is 14.7 Å². The first-order valence-electron chi connectivity index (χ1n) is 12.2. The molecule has 1 saturated heterocycles. The van der Waals surface area contributed by atoms with Gasteiger partial charge in [-0.3, -0.25) is 19.8 Å². The number of para-hydroxylation sites is 1. The minimum Gasteiger partial charge on any atom is -0.390 e. The number of fused-ring (bicyclic) bond motifs is 2. The highest BCUT2D eigenvalue weighted by Crippen LogP contribution is 2.38. The predicted molar refractivity (Wildman–Crippen MR) is 138 cm³/mol. The number of hydrogen-bond acceptors (Lipinski definition) is 5. The van der Waals surface area contributed by atoms with Gasteiger partial charge < -0.3 is 19.4 Å². The van der Waals surface area contributed by atoms with Gasteiger partial charge in [-0.2, -0.15) is 0 Å². The highest BCUT2D eigenvalue weighted by atomic mass is 16.5. The molecule has 0 saturated carbocycles. The van der Waals surface area contributed by atoms with Crippen molar-refractivity contribution in [2.75, 3.05) is 32.8 Å². The van der Waals surface area contributed by atoms with Crippen molar-refractivity contribution in [3.63, 3.8) is 0 Å². The number of aliphatic hydroxyl groups excluding tert-OH is 1. The Hall–Kier alpha value is -3.72. The summed E-state index contributed by atoms with van der Waals surface area (Å²) in [5.74, 6) is -0.811. The van der Waals surface area contributed by atoms with Crippen LogP contribution in [-0.2, 0) is 20.9 Å². The van der Waals surface area contributed by atoms with E-state index < -0.39 is 17.9 Å². The van der Waals surface area contributed by atoms with E-state index in [1.165, 1.54) is 0 Å². The van der Waals surface area contributed by atoms with E-state index in [0.29, 0.717) is 48.6 Å². The molecule has 0 bridgehead atoms. The number of aryl methyl sites for hydroxylation is 1. The van der Waals surface area contributed by atoms with E-state index in [0.717, 1.165) is 40.5 Å². The van der Waals surface area contributed by atoms with Crippen LogP contribution in [0, 0.1) is 6.92 Å². The van der Waals surface area contributed by atoms with E-state index in [1.807, 2.05) is 54.1 Å². The normalized spacial score (nSPS) is 17.9. The quantitative estimate of drug-likeness (QED) is 0.366. The van der Waals surface area contributed by atoms with Crippen LogP contribution in [0.3, 0.4) is 0 Å². The van der Waals surface area contributed by atoms with Crippen molar-refractivity contribution in [3.8, 4) is 0 Å². The Labute approximate surface area is 208 Å². The van der Waals surface area contributed by atoms with Crippen LogP contribution < -0.4 is 5.32 Å². The number of benzene rings is 2. The number of amides is 2. The van der Waals surface area contributed by atoms with E-state index in [4.69, 9.17) is 4.74 Å². The van der Waals surface area contributed by atoms with Crippen LogP contribution in [0.25, 0.3) is 33.0 Å². The van der Waals surface area contributed by atoms with E-state index in [1.54, 1.807) is 6.20 Å². The number of rotatable bonds is 6. The van der Waals surface area contributed by atoms with Gasteiger partial charge in [0.15, 0.2) is 0 Å². The number of aliphatic hydroxyl groups is 1. The Kier molecular flexibility index (Phi) is 5.72. The summed E-state index contributed by atoms with van der Waals surface area (Å²) in [4.78, 5) is 31.6. The summed E-state index contributed by atoms with van der Waals surface area (Å²) in [5.41, 5.74) is 5.01. The number of hydrogen-bond donors (Lipinski definition) is 3. The second-order valence-electron chi connectivity index (χ2n) is 9.56. The molecule has 2 aliphatic rings. The standard InChI is InChI=1S/C28H28N4O4/c1-17-6-7-20-22(16-32(24(20)12-17)15-18(33)14-31-8-10-36-11-9-31)26-25(27(34)30-28(26)35)21-13-29-23-5-3-2-4-19(21)23/h2-7,12-13,16,18,29,33H,8-11,14-15H2,1H3,(H,30,34,35). The van der Waals surface area contributed by atoms with Crippen molar-refractivity contribution in [1.82, 2.24) is 19.8 Å². The molecule has 2 aliphatic heterocycles. The number of carbonyl (C=O) groups excluding carboxylic acids is 2. The number of imide groups is 1. The van der Waals surface area contributed by atoms with Gasteiger partial charge in [0.1, 0.15) is 0 Å². The van der Waals surface area contributed by atoms with E-state index in [-0.39, 0.29) is 0 Å². The van der Waals surface area contributed by atoms with Gasteiger partial charge in [0.25, 0.3) is 11.8 Å². The fraction of sp³-hybridized carbons (Fsp3) is 0.286. The number of morpholine rings is 1. The van der Waals surface area contributed by atoms with E-state index >= 15 is 0 Å². The minimum absolute atomic E-state index is 0.361. The molecular formula is C28H28N4O4. The number of β-amino-alcohol motifs (C(OH)–C–C–N with tert-alkyl or cyclic N) is 1. The lowest BCUT2D eigenvalue weighted by molar-refractivity contribution is -0.122. The average Bonchev–Trinajstić information content (AvgIpc) is 3.52.